The molecule has 6 heteroatoms. The molecule has 1 aliphatic heterocycles. The zero-order chi connectivity index (χ0) is 13.5. The minimum atomic E-state index is -0.227. The summed E-state index contributed by atoms with van der Waals surface area (Å²) in [7, 11) is 0. The van der Waals surface area contributed by atoms with Gasteiger partial charge in [-0.15, -0.1) is 12.4 Å². The van der Waals surface area contributed by atoms with Gasteiger partial charge in [-0.05, 0) is 31.5 Å². The van der Waals surface area contributed by atoms with Crippen LogP contribution in [0, 0.1) is 0 Å². The Morgan fingerprint density at radius 1 is 1.20 bits per heavy atom. The lowest BCUT2D eigenvalue weighted by Gasteiger charge is -2.11. The zero-order valence-corrected chi connectivity index (χ0v) is 12.0. The summed E-state index contributed by atoms with van der Waals surface area (Å²) >= 11 is 0. The van der Waals surface area contributed by atoms with Gasteiger partial charge >= 0.3 is 0 Å². The highest BCUT2D eigenvalue weighted by molar-refractivity contribution is 5.96. The first-order valence-corrected chi connectivity index (χ1v) is 6.59. The molecule has 5 nitrogen and oxygen atoms in total. The van der Waals surface area contributed by atoms with E-state index in [1.807, 2.05) is 6.07 Å². The van der Waals surface area contributed by atoms with Gasteiger partial charge in [-0.2, -0.15) is 0 Å². The van der Waals surface area contributed by atoms with Crippen molar-refractivity contribution in [2.75, 3.05) is 19.6 Å². The second-order valence-electron chi connectivity index (χ2n) is 4.65. The number of halogens is 1. The van der Waals surface area contributed by atoms with E-state index in [0.29, 0.717) is 18.2 Å². The van der Waals surface area contributed by atoms with E-state index in [9.17, 15) is 9.59 Å². The van der Waals surface area contributed by atoms with Crippen LogP contribution in [0.25, 0.3) is 0 Å². The lowest BCUT2D eigenvalue weighted by atomic mass is 10.2. The standard InChI is InChI=1S/C14H19N3O2.ClH/c18-13(16-9-12-7-4-8-15-12)10-17-14(19)11-5-2-1-3-6-11;/h1-3,5-6,12,15H,4,7-10H2,(H,16,18)(H,17,19);1H. The number of hydrogen-bond acceptors (Lipinski definition) is 3. The number of hydrogen-bond donors (Lipinski definition) is 3. The molecule has 1 fully saturated rings. The fourth-order valence-electron chi connectivity index (χ4n) is 2.08. The van der Waals surface area contributed by atoms with E-state index in [1.165, 1.54) is 0 Å². The fraction of sp³-hybridized carbons (Fsp3) is 0.429. The molecule has 3 N–H and O–H groups in total. The predicted octanol–water partition coefficient (Wildman–Crippen LogP) is 0.706. The van der Waals surface area contributed by atoms with Crippen LogP contribution in [0.4, 0.5) is 0 Å². The minimum Gasteiger partial charge on any atom is -0.353 e. The monoisotopic (exact) mass is 297 g/mol. The first kappa shape index (κ1) is 16.5. The van der Waals surface area contributed by atoms with E-state index in [2.05, 4.69) is 16.0 Å². The van der Waals surface area contributed by atoms with Crippen molar-refractivity contribution in [3.8, 4) is 0 Å². The maximum atomic E-state index is 11.7. The van der Waals surface area contributed by atoms with Gasteiger partial charge in [0.1, 0.15) is 0 Å². The summed E-state index contributed by atoms with van der Waals surface area (Å²) in [5.74, 6) is -0.382. The van der Waals surface area contributed by atoms with E-state index >= 15 is 0 Å². The predicted molar refractivity (Wildman–Crippen MR) is 80.1 cm³/mol. The summed E-state index contributed by atoms with van der Waals surface area (Å²) < 4.78 is 0. The highest BCUT2D eigenvalue weighted by Gasteiger charge is 2.14. The Balaban J connectivity index is 0.00000200. The molecule has 0 radical (unpaired) electrons. The lowest BCUT2D eigenvalue weighted by Crippen LogP contribution is -2.42. The SMILES string of the molecule is Cl.O=C(CNC(=O)c1ccccc1)NCC1CCCN1. The summed E-state index contributed by atoms with van der Waals surface area (Å²) in [4.78, 5) is 23.3. The molecular formula is C14H20ClN3O2. The van der Waals surface area contributed by atoms with Gasteiger partial charge in [0.05, 0.1) is 6.54 Å². The molecule has 20 heavy (non-hydrogen) atoms. The van der Waals surface area contributed by atoms with Crippen LogP contribution >= 0.6 is 12.4 Å². The zero-order valence-electron chi connectivity index (χ0n) is 11.2. The van der Waals surface area contributed by atoms with Crippen molar-refractivity contribution in [3.05, 3.63) is 35.9 Å². The summed E-state index contributed by atoms with van der Waals surface area (Å²) in [6.45, 7) is 1.66. The smallest absolute Gasteiger partial charge is 0.251 e. The van der Waals surface area contributed by atoms with E-state index in [0.717, 1.165) is 19.4 Å². The molecule has 1 aromatic carbocycles. The molecule has 110 valence electrons. The van der Waals surface area contributed by atoms with Gasteiger partial charge in [-0.25, -0.2) is 0 Å². The molecular weight excluding hydrogens is 278 g/mol. The van der Waals surface area contributed by atoms with Gasteiger partial charge in [0.25, 0.3) is 5.91 Å². The summed E-state index contributed by atoms with van der Waals surface area (Å²) in [6.07, 6.45) is 2.25. The van der Waals surface area contributed by atoms with Crippen LogP contribution in [0.3, 0.4) is 0 Å². The van der Waals surface area contributed by atoms with Crippen molar-refractivity contribution in [2.24, 2.45) is 0 Å². The summed E-state index contributed by atoms with van der Waals surface area (Å²) in [6, 6.07) is 9.24. The first-order chi connectivity index (χ1) is 9.25. The third-order valence-corrected chi connectivity index (χ3v) is 3.15. The molecule has 2 rings (SSSR count). The van der Waals surface area contributed by atoms with Crippen molar-refractivity contribution in [3.63, 3.8) is 0 Å². The third-order valence-electron chi connectivity index (χ3n) is 3.15. The maximum Gasteiger partial charge on any atom is 0.251 e. The Bertz CT molecular complexity index is 433. The molecule has 0 aromatic heterocycles. The lowest BCUT2D eigenvalue weighted by molar-refractivity contribution is -0.120. The van der Waals surface area contributed by atoms with Gasteiger partial charge in [0, 0.05) is 18.2 Å². The van der Waals surface area contributed by atoms with Crippen molar-refractivity contribution < 1.29 is 9.59 Å². The number of carbonyl (C=O) groups is 2. The van der Waals surface area contributed by atoms with Crippen molar-refractivity contribution in [2.45, 2.75) is 18.9 Å². The summed E-state index contributed by atoms with van der Waals surface area (Å²) in [5, 5.41) is 8.72. The number of amides is 2. The van der Waals surface area contributed by atoms with Crippen LogP contribution in [0.2, 0.25) is 0 Å². The molecule has 0 aliphatic carbocycles. The second-order valence-corrected chi connectivity index (χ2v) is 4.65. The Kier molecular flexibility index (Phi) is 7.04. The molecule has 1 saturated heterocycles. The Morgan fingerprint density at radius 2 is 1.95 bits per heavy atom. The topological polar surface area (TPSA) is 70.2 Å². The minimum absolute atomic E-state index is 0. The Morgan fingerprint density at radius 3 is 2.60 bits per heavy atom. The normalized spacial score (nSPS) is 17.1. The highest BCUT2D eigenvalue weighted by atomic mass is 35.5. The molecule has 1 unspecified atom stereocenters. The molecule has 1 heterocycles. The van der Waals surface area contributed by atoms with Crippen molar-refractivity contribution >= 4 is 24.2 Å². The van der Waals surface area contributed by atoms with Crippen LogP contribution in [-0.2, 0) is 4.79 Å². The number of nitrogens with one attached hydrogen (secondary N) is 3. The van der Waals surface area contributed by atoms with Gasteiger partial charge in [0.15, 0.2) is 0 Å². The maximum absolute atomic E-state index is 11.7. The third kappa shape index (κ3) is 5.19. The van der Waals surface area contributed by atoms with Gasteiger partial charge in [0.2, 0.25) is 5.91 Å². The Hall–Kier alpha value is -1.59. The number of rotatable bonds is 5. The Labute approximate surface area is 124 Å². The average molecular weight is 298 g/mol. The van der Waals surface area contributed by atoms with Crippen LogP contribution in [0.1, 0.15) is 23.2 Å². The molecule has 0 saturated carbocycles. The molecule has 0 bridgehead atoms. The van der Waals surface area contributed by atoms with Gasteiger partial charge < -0.3 is 16.0 Å². The van der Waals surface area contributed by atoms with E-state index in [1.54, 1.807) is 24.3 Å². The van der Waals surface area contributed by atoms with Gasteiger partial charge in [-0.3, -0.25) is 9.59 Å². The average Bonchev–Trinajstić information content (AvgIpc) is 2.96. The molecule has 2 amide bonds. The summed E-state index contributed by atoms with van der Waals surface area (Å²) in [5.41, 5.74) is 0.563. The second kappa shape index (κ2) is 8.55. The number of benzene rings is 1. The van der Waals surface area contributed by atoms with E-state index < -0.39 is 0 Å². The number of carbonyl (C=O) groups excluding carboxylic acids is 2. The molecule has 1 aliphatic rings. The van der Waals surface area contributed by atoms with Crippen LogP contribution < -0.4 is 16.0 Å². The molecule has 1 aromatic rings. The first-order valence-electron chi connectivity index (χ1n) is 6.59. The van der Waals surface area contributed by atoms with Crippen molar-refractivity contribution in [1.29, 1.82) is 0 Å². The van der Waals surface area contributed by atoms with Gasteiger partial charge in [-0.1, -0.05) is 18.2 Å². The quantitative estimate of drug-likeness (QED) is 0.749. The largest absolute Gasteiger partial charge is 0.353 e. The fourth-order valence-corrected chi connectivity index (χ4v) is 2.08. The van der Waals surface area contributed by atoms with Crippen molar-refractivity contribution in [1.82, 2.24) is 16.0 Å². The highest BCUT2D eigenvalue weighted by Crippen LogP contribution is 2.02. The molecule has 0 spiro atoms. The van der Waals surface area contributed by atoms with E-state index in [4.69, 9.17) is 0 Å². The molecule has 1 atom stereocenters. The van der Waals surface area contributed by atoms with Crippen LogP contribution in [0.5, 0.6) is 0 Å². The van der Waals surface area contributed by atoms with Crippen LogP contribution in [-0.4, -0.2) is 37.5 Å². The van der Waals surface area contributed by atoms with Crippen LogP contribution in [0.15, 0.2) is 30.3 Å². The van der Waals surface area contributed by atoms with E-state index in [-0.39, 0.29) is 30.8 Å².